The quantitative estimate of drug-likeness (QED) is 0.816. The van der Waals surface area contributed by atoms with E-state index >= 15 is 0 Å². The molecule has 19 heavy (non-hydrogen) atoms. The molecule has 0 aromatic heterocycles. The van der Waals surface area contributed by atoms with Crippen LogP contribution in [0.3, 0.4) is 0 Å². The average molecular weight is 256 g/mol. The van der Waals surface area contributed by atoms with Crippen molar-refractivity contribution < 1.29 is 4.79 Å². The smallest absolute Gasteiger partial charge is 0.227 e. The molecule has 0 N–H and O–H groups in total. The summed E-state index contributed by atoms with van der Waals surface area (Å²) in [5, 5.41) is 8.96. The maximum Gasteiger partial charge on any atom is 0.227 e. The maximum absolute atomic E-state index is 12.2. The first-order chi connectivity index (χ1) is 9.10. The Morgan fingerprint density at radius 2 is 2.21 bits per heavy atom. The van der Waals surface area contributed by atoms with E-state index in [1.54, 1.807) is 0 Å². The third kappa shape index (κ3) is 3.35. The molecule has 1 fully saturated rings. The van der Waals surface area contributed by atoms with Crippen molar-refractivity contribution in [3.05, 3.63) is 34.9 Å². The molecular formula is C16H20N2O. The standard InChI is InChI=1S/C16H20N2O/c1-12-5-6-14(8-13(12)2)9-16(19)18-7-3-4-15(10-17)11-18/h5-6,8,15H,3-4,7,9,11H2,1-2H3. The van der Waals surface area contributed by atoms with Crippen LogP contribution < -0.4 is 0 Å². The molecule has 1 amide bonds. The SMILES string of the molecule is Cc1ccc(CC(=O)N2CCCC(C#N)C2)cc1C. The van der Waals surface area contributed by atoms with E-state index in [4.69, 9.17) is 5.26 Å². The summed E-state index contributed by atoms with van der Waals surface area (Å²) in [6, 6.07) is 8.44. The zero-order valence-corrected chi connectivity index (χ0v) is 11.6. The molecule has 0 radical (unpaired) electrons. The van der Waals surface area contributed by atoms with Gasteiger partial charge >= 0.3 is 0 Å². The summed E-state index contributed by atoms with van der Waals surface area (Å²) in [7, 11) is 0. The molecular weight excluding hydrogens is 236 g/mol. The Bertz CT molecular complexity index is 516. The number of aryl methyl sites for hydroxylation is 2. The van der Waals surface area contributed by atoms with Gasteiger partial charge < -0.3 is 4.90 Å². The first-order valence-electron chi connectivity index (χ1n) is 6.83. The van der Waals surface area contributed by atoms with Crippen LogP contribution in [0.4, 0.5) is 0 Å². The highest BCUT2D eigenvalue weighted by atomic mass is 16.2. The number of rotatable bonds is 2. The Kier molecular flexibility index (Phi) is 4.21. The molecule has 1 heterocycles. The molecule has 2 rings (SSSR count). The minimum Gasteiger partial charge on any atom is -0.341 e. The fourth-order valence-electron chi connectivity index (χ4n) is 2.51. The summed E-state index contributed by atoms with van der Waals surface area (Å²) in [6.45, 7) is 5.53. The van der Waals surface area contributed by atoms with Crippen molar-refractivity contribution in [1.82, 2.24) is 4.90 Å². The van der Waals surface area contributed by atoms with Crippen LogP contribution in [-0.4, -0.2) is 23.9 Å². The minimum atomic E-state index is 0.0115. The third-order valence-electron chi connectivity index (χ3n) is 3.88. The molecule has 0 saturated carbocycles. The zero-order chi connectivity index (χ0) is 13.8. The first kappa shape index (κ1) is 13.6. The van der Waals surface area contributed by atoms with Crippen molar-refractivity contribution >= 4 is 5.91 Å². The van der Waals surface area contributed by atoms with E-state index in [2.05, 4.69) is 32.0 Å². The van der Waals surface area contributed by atoms with Crippen molar-refractivity contribution in [2.75, 3.05) is 13.1 Å². The number of likely N-dealkylation sites (tertiary alicyclic amines) is 1. The first-order valence-corrected chi connectivity index (χ1v) is 6.83. The topological polar surface area (TPSA) is 44.1 Å². The summed E-state index contributed by atoms with van der Waals surface area (Å²) >= 11 is 0. The molecule has 100 valence electrons. The van der Waals surface area contributed by atoms with Gasteiger partial charge in [0.25, 0.3) is 0 Å². The number of amides is 1. The van der Waals surface area contributed by atoms with Crippen LogP contribution in [0.25, 0.3) is 0 Å². The second kappa shape index (κ2) is 5.88. The van der Waals surface area contributed by atoms with Crippen LogP contribution in [0.5, 0.6) is 0 Å². The lowest BCUT2D eigenvalue weighted by molar-refractivity contribution is -0.131. The second-order valence-electron chi connectivity index (χ2n) is 5.40. The lowest BCUT2D eigenvalue weighted by Crippen LogP contribution is -2.40. The van der Waals surface area contributed by atoms with Crippen LogP contribution in [0.2, 0.25) is 0 Å². The highest BCUT2D eigenvalue weighted by Crippen LogP contribution is 2.17. The minimum absolute atomic E-state index is 0.0115. The van der Waals surface area contributed by atoms with Gasteiger partial charge in [0.15, 0.2) is 0 Å². The summed E-state index contributed by atoms with van der Waals surface area (Å²) < 4.78 is 0. The number of nitriles is 1. The Morgan fingerprint density at radius 3 is 2.89 bits per heavy atom. The Balaban J connectivity index is 2.00. The number of hydrogen-bond donors (Lipinski definition) is 0. The van der Waals surface area contributed by atoms with Crippen LogP contribution in [0.15, 0.2) is 18.2 Å². The predicted molar refractivity (Wildman–Crippen MR) is 74.5 cm³/mol. The van der Waals surface area contributed by atoms with Gasteiger partial charge in [-0.25, -0.2) is 0 Å². The van der Waals surface area contributed by atoms with Gasteiger partial charge in [0.05, 0.1) is 18.4 Å². The molecule has 0 spiro atoms. The molecule has 1 aliphatic heterocycles. The van der Waals surface area contributed by atoms with Gasteiger partial charge in [0.2, 0.25) is 5.91 Å². The molecule has 1 saturated heterocycles. The lowest BCUT2D eigenvalue weighted by atomic mass is 9.98. The van der Waals surface area contributed by atoms with Crippen molar-refractivity contribution in [2.45, 2.75) is 33.1 Å². The van der Waals surface area contributed by atoms with Gasteiger partial charge in [-0.1, -0.05) is 18.2 Å². The van der Waals surface area contributed by atoms with Crippen molar-refractivity contribution in [2.24, 2.45) is 5.92 Å². The molecule has 1 atom stereocenters. The van der Waals surface area contributed by atoms with Gasteiger partial charge in [-0.3, -0.25) is 4.79 Å². The van der Waals surface area contributed by atoms with Gasteiger partial charge in [-0.2, -0.15) is 5.26 Å². The second-order valence-corrected chi connectivity index (χ2v) is 5.40. The molecule has 1 aliphatic rings. The molecule has 1 aromatic carbocycles. The van der Waals surface area contributed by atoms with Crippen LogP contribution in [0.1, 0.15) is 29.5 Å². The molecule has 1 unspecified atom stereocenters. The van der Waals surface area contributed by atoms with Crippen molar-refractivity contribution in [3.63, 3.8) is 0 Å². The number of benzene rings is 1. The summed E-state index contributed by atoms with van der Waals surface area (Å²) in [6.07, 6.45) is 2.31. The van der Waals surface area contributed by atoms with Crippen molar-refractivity contribution in [1.29, 1.82) is 5.26 Å². The molecule has 3 heteroatoms. The normalized spacial score (nSPS) is 19.0. The lowest BCUT2D eigenvalue weighted by Gasteiger charge is -2.29. The maximum atomic E-state index is 12.2. The van der Waals surface area contributed by atoms with E-state index < -0.39 is 0 Å². The van der Waals surface area contributed by atoms with E-state index in [0.29, 0.717) is 13.0 Å². The largest absolute Gasteiger partial charge is 0.341 e. The van der Waals surface area contributed by atoms with Crippen molar-refractivity contribution in [3.8, 4) is 6.07 Å². The third-order valence-corrected chi connectivity index (χ3v) is 3.88. The zero-order valence-electron chi connectivity index (χ0n) is 11.6. The number of piperidine rings is 1. The fraction of sp³-hybridized carbons (Fsp3) is 0.500. The Labute approximate surface area is 114 Å². The van der Waals surface area contributed by atoms with E-state index in [1.165, 1.54) is 11.1 Å². The summed E-state index contributed by atoms with van der Waals surface area (Å²) in [5.41, 5.74) is 3.53. The van der Waals surface area contributed by atoms with E-state index in [0.717, 1.165) is 24.9 Å². The molecule has 0 bridgehead atoms. The number of carbonyl (C=O) groups excluding carboxylic acids is 1. The van der Waals surface area contributed by atoms with Gasteiger partial charge in [0, 0.05) is 13.1 Å². The Morgan fingerprint density at radius 1 is 1.42 bits per heavy atom. The molecule has 3 nitrogen and oxygen atoms in total. The van der Waals surface area contributed by atoms with E-state index in [-0.39, 0.29) is 11.8 Å². The molecule has 0 aliphatic carbocycles. The fourth-order valence-corrected chi connectivity index (χ4v) is 2.51. The van der Waals surface area contributed by atoms with Crippen LogP contribution >= 0.6 is 0 Å². The van der Waals surface area contributed by atoms with E-state index in [9.17, 15) is 4.79 Å². The summed E-state index contributed by atoms with van der Waals surface area (Å²) in [4.78, 5) is 14.1. The predicted octanol–water partition coefficient (Wildman–Crippen LogP) is 2.61. The van der Waals surface area contributed by atoms with Gasteiger partial charge in [-0.15, -0.1) is 0 Å². The van der Waals surface area contributed by atoms with Gasteiger partial charge in [0.1, 0.15) is 0 Å². The highest BCUT2D eigenvalue weighted by molar-refractivity contribution is 5.79. The highest BCUT2D eigenvalue weighted by Gasteiger charge is 2.23. The van der Waals surface area contributed by atoms with Crippen LogP contribution in [0, 0.1) is 31.1 Å². The van der Waals surface area contributed by atoms with Crippen LogP contribution in [-0.2, 0) is 11.2 Å². The number of carbonyl (C=O) groups is 1. The van der Waals surface area contributed by atoms with E-state index in [1.807, 2.05) is 11.0 Å². The summed E-state index contributed by atoms with van der Waals surface area (Å²) in [5.74, 6) is 0.153. The Hall–Kier alpha value is -1.82. The molecule has 1 aromatic rings. The number of hydrogen-bond acceptors (Lipinski definition) is 2. The van der Waals surface area contributed by atoms with Gasteiger partial charge in [-0.05, 0) is 43.4 Å². The monoisotopic (exact) mass is 256 g/mol. The average Bonchev–Trinajstić information content (AvgIpc) is 2.43. The number of nitrogens with zero attached hydrogens (tertiary/aromatic N) is 2.